The zero-order valence-electron chi connectivity index (χ0n) is 11.3. The number of rotatable bonds is 4. The number of nitrogens with zero attached hydrogens (tertiary/aromatic N) is 1. The summed E-state index contributed by atoms with van der Waals surface area (Å²) in [5.74, 6) is 0.485. The summed E-state index contributed by atoms with van der Waals surface area (Å²) in [5, 5.41) is 9.80. The van der Waals surface area contributed by atoms with Crippen molar-refractivity contribution in [3.63, 3.8) is 0 Å². The van der Waals surface area contributed by atoms with Gasteiger partial charge in [0.1, 0.15) is 5.78 Å². The van der Waals surface area contributed by atoms with Gasteiger partial charge in [0.15, 0.2) is 0 Å². The lowest BCUT2D eigenvalue weighted by Gasteiger charge is -2.31. The van der Waals surface area contributed by atoms with Crippen molar-refractivity contribution >= 4 is 5.78 Å². The largest absolute Gasteiger partial charge is 0.394 e. The first kappa shape index (κ1) is 12.8. The van der Waals surface area contributed by atoms with Crippen LogP contribution in [0.5, 0.6) is 0 Å². The van der Waals surface area contributed by atoms with Crippen LogP contribution in [0.15, 0.2) is 30.3 Å². The number of hydrogen-bond donors (Lipinski definition) is 1. The maximum Gasteiger partial charge on any atom is 0.134 e. The molecule has 3 heteroatoms. The summed E-state index contributed by atoms with van der Waals surface area (Å²) >= 11 is 0. The fourth-order valence-electron chi connectivity index (χ4n) is 4.00. The number of Topliss-reactive ketones (excluding diaryl/α,β-unsaturated/α-hetero) is 1. The molecule has 0 radical (unpaired) electrons. The quantitative estimate of drug-likeness (QED) is 0.901. The van der Waals surface area contributed by atoms with Crippen LogP contribution in [0.3, 0.4) is 0 Å². The van der Waals surface area contributed by atoms with Crippen molar-refractivity contribution in [1.82, 2.24) is 4.90 Å². The lowest BCUT2D eigenvalue weighted by molar-refractivity contribution is -0.121. The Kier molecular flexibility index (Phi) is 3.42. The molecule has 102 valence electrons. The average molecular weight is 259 g/mol. The van der Waals surface area contributed by atoms with E-state index in [2.05, 4.69) is 17.0 Å². The summed E-state index contributed by atoms with van der Waals surface area (Å²) in [6, 6.07) is 11.0. The summed E-state index contributed by atoms with van der Waals surface area (Å²) in [6.07, 6.45) is 3.24. The predicted octanol–water partition coefficient (Wildman–Crippen LogP) is 2.16. The third-order valence-corrected chi connectivity index (χ3v) is 4.83. The van der Waals surface area contributed by atoms with Crippen LogP contribution in [-0.2, 0) is 4.79 Å². The molecule has 4 atom stereocenters. The SMILES string of the molecule is CC(=O)[C@@H]1C[C@H]2CC[C@@H]1N2[C@@H](CO)c1ccccc1. The first-order chi connectivity index (χ1) is 9.22. The maximum absolute atomic E-state index is 11.7. The standard InChI is InChI=1S/C16H21NO2/c1-11(19)14-9-13-7-8-15(14)17(13)16(10-18)12-5-3-2-4-6-12/h2-6,13-16,18H,7-10H2,1H3/t13-,14+,15+,16+/m1/s1. The van der Waals surface area contributed by atoms with E-state index in [9.17, 15) is 9.90 Å². The number of aliphatic hydroxyl groups excluding tert-OH is 1. The van der Waals surface area contributed by atoms with E-state index in [0.717, 1.165) is 24.8 Å². The van der Waals surface area contributed by atoms with Gasteiger partial charge in [0.05, 0.1) is 12.6 Å². The molecular formula is C16H21NO2. The van der Waals surface area contributed by atoms with Gasteiger partial charge in [-0.3, -0.25) is 9.69 Å². The minimum atomic E-state index is 0.0445. The van der Waals surface area contributed by atoms with Gasteiger partial charge in [0.25, 0.3) is 0 Å². The average Bonchev–Trinajstić information content (AvgIpc) is 2.99. The van der Waals surface area contributed by atoms with Crippen LogP contribution >= 0.6 is 0 Å². The van der Waals surface area contributed by atoms with Crippen molar-refractivity contribution in [1.29, 1.82) is 0 Å². The Hall–Kier alpha value is -1.19. The van der Waals surface area contributed by atoms with Crippen LogP contribution in [0, 0.1) is 5.92 Å². The molecule has 0 saturated carbocycles. The molecule has 0 amide bonds. The molecule has 2 heterocycles. The van der Waals surface area contributed by atoms with Crippen LogP contribution in [0.25, 0.3) is 0 Å². The van der Waals surface area contributed by atoms with E-state index in [1.165, 1.54) is 0 Å². The zero-order chi connectivity index (χ0) is 13.4. The molecular weight excluding hydrogens is 238 g/mol. The summed E-state index contributed by atoms with van der Waals surface area (Å²) in [5.41, 5.74) is 1.16. The number of hydrogen-bond acceptors (Lipinski definition) is 3. The number of carbonyl (C=O) groups excluding carboxylic acids is 1. The van der Waals surface area contributed by atoms with Gasteiger partial charge in [0, 0.05) is 18.0 Å². The number of ketones is 1. The Labute approximate surface area is 114 Å². The lowest BCUT2D eigenvalue weighted by atomic mass is 9.87. The molecule has 3 nitrogen and oxygen atoms in total. The molecule has 19 heavy (non-hydrogen) atoms. The van der Waals surface area contributed by atoms with E-state index in [4.69, 9.17) is 0 Å². The minimum absolute atomic E-state index is 0.0445. The highest BCUT2D eigenvalue weighted by molar-refractivity contribution is 5.79. The minimum Gasteiger partial charge on any atom is -0.394 e. The van der Waals surface area contributed by atoms with Gasteiger partial charge in [-0.05, 0) is 31.7 Å². The molecule has 0 spiro atoms. The van der Waals surface area contributed by atoms with Crippen LogP contribution in [0.4, 0.5) is 0 Å². The Morgan fingerprint density at radius 2 is 2.11 bits per heavy atom. The number of fused-ring (bicyclic) bond motifs is 2. The molecule has 0 unspecified atom stereocenters. The Morgan fingerprint density at radius 3 is 2.68 bits per heavy atom. The molecule has 0 aromatic heterocycles. The van der Waals surface area contributed by atoms with Gasteiger partial charge in [-0.15, -0.1) is 0 Å². The van der Waals surface area contributed by atoms with Crippen LogP contribution in [-0.4, -0.2) is 34.5 Å². The molecule has 1 aromatic rings. The zero-order valence-corrected chi connectivity index (χ0v) is 11.3. The Bertz CT molecular complexity index is 459. The van der Waals surface area contributed by atoms with Gasteiger partial charge in [-0.25, -0.2) is 0 Å². The van der Waals surface area contributed by atoms with E-state index in [0.29, 0.717) is 17.9 Å². The molecule has 2 aliphatic heterocycles. The second-order valence-corrected chi connectivity index (χ2v) is 5.81. The summed E-state index contributed by atoms with van der Waals surface area (Å²) < 4.78 is 0. The number of benzene rings is 1. The Balaban J connectivity index is 1.87. The topological polar surface area (TPSA) is 40.5 Å². The lowest BCUT2D eigenvalue weighted by Crippen LogP contribution is -2.37. The molecule has 1 N–H and O–H groups in total. The molecule has 2 fully saturated rings. The monoisotopic (exact) mass is 259 g/mol. The smallest absolute Gasteiger partial charge is 0.134 e. The van der Waals surface area contributed by atoms with Gasteiger partial charge in [0.2, 0.25) is 0 Å². The predicted molar refractivity (Wildman–Crippen MR) is 73.7 cm³/mol. The first-order valence-electron chi connectivity index (χ1n) is 7.16. The maximum atomic E-state index is 11.7. The fourth-order valence-corrected chi connectivity index (χ4v) is 4.00. The van der Waals surface area contributed by atoms with Crippen LogP contribution in [0.1, 0.15) is 37.8 Å². The van der Waals surface area contributed by atoms with Crippen molar-refractivity contribution in [3.05, 3.63) is 35.9 Å². The van der Waals surface area contributed by atoms with Crippen molar-refractivity contribution < 1.29 is 9.90 Å². The second kappa shape index (κ2) is 5.06. The van der Waals surface area contributed by atoms with Crippen molar-refractivity contribution in [2.24, 2.45) is 5.92 Å². The van der Waals surface area contributed by atoms with E-state index in [1.54, 1.807) is 6.92 Å². The molecule has 2 aliphatic rings. The van der Waals surface area contributed by atoms with Gasteiger partial charge in [-0.1, -0.05) is 30.3 Å². The second-order valence-electron chi connectivity index (χ2n) is 5.81. The van der Waals surface area contributed by atoms with E-state index < -0.39 is 0 Å². The molecule has 2 bridgehead atoms. The van der Waals surface area contributed by atoms with Gasteiger partial charge >= 0.3 is 0 Å². The van der Waals surface area contributed by atoms with Crippen molar-refractivity contribution in [2.45, 2.75) is 44.3 Å². The number of aliphatic hydroxyl groups is 1. The van der Waals surface area contributed by atoms with E-state index >= 15 is 0 Å². The Morgan fingerprint density at radius 1 is 1.37 bits per heavy atom. The van der Waals surface area contributed by atoms with Crippen molar-refractivity contribution in [2.75, 3.05) is 6.61 Å². The molecule has 2 saturated heterocycles. The molecule has 1 aromatic carbocycles. The van der Waals surface area contributed by atoms with Gasteiger partial charge in [-0.2, -0.15) is 0 Å². The summed E-state index contributed by atoms with van der Waals surface area (Å²) in [7, 11) is 0. The molecule has 0 aliphatic carbocycles. The summed E-state index contributed by atoms with van der Waals surface area (Å²) in [4.78, 5) is 14.1. The highest BCUT2D eigenvalue weighted by Gasteiger charge is 2.50. The third kappa shape index (κ3) is 2.11. The highest BCUT2D eigenvalue weighted by Crippen LogP contribution is 2.46. The third-order valence-electron chi connectivity index (χ3n) is 4.83. The van der Waals surface area contributed by atoms with E-state index in [1.807, 2.05) is 18.2 Å². The highest BCUT2D eigenvalue weighted by atomic mass is 16.3. The van der Waals surface area contributed by atoms with Crippen LogP contribution < -0.4 is 0 Å². The molecule has 3 rings (SSSR count). The van der Waals surface area contributed by atoms with E-state index in [-0.39, 0.29) is 18.6 Å². The normalized spacial score (nSPS) is 31.6. The van der Waals surface area contributed by atoms with Gasteiger partial charge < -0.3 is 5.11 Å². The fraction of sp³-hybridized carbons (Fsp3) is 0.562. The first-order valence-corrected chi connectivity index (χ1v) is 7.16. The number of carbonyl (C=O) groups is 1. The summed E-state index contributed by atoms with van der Waals surface area (Å²) in [6.45, 7) is 1.83. The van der Waals surface area contributed by atoms with Crippen LogP contribution in [0.2, 0.25) is 0 Å². The van der Waals surface area contributed by atoms with Crippen molar-refractivity contribution in [3.8, 4) is 0 Å².